The zero-order chi connectivity index (χ0) is 15.3. The summed E-state index contributed by atoms with van der Waals surface area (Å²) in [4.78, 5) is 16.4. The second-order valence-electron chi connectivity index (χ2n) is 6.37. The Morgan fingerprint density at radius 2 is 1.95 bits per heavy atom. The molecule has 1 aliphatic rings. The van der Waals surface area contributed by atoms with Gasteiger partial charge >= 0.3 is 5.97 Å². The van der Waals surface area contributed by atoms with E-state index in [1.807, 2.05) is 20.8 Å². The van der Waals surface area contributed by atoms with E-state index in [1.54, 1.807) is 7.05 Å². The highest BCUT2D eigenvalue weighted by molar-refractivity contribution is 5.67. The van der Waals surface area contributed by atoms with Gasteiger partial charge in [0.15, 0.2) is 0 Å². The number of hydrazine groups is 1. The standard InChI is InChI=1S/C13H25N3O4/c1-13(2,3)15(4)16(19)14-20-11-7-5-10(6-8-11)9-12(17)18/h10-11H,5-9H2,1-4H3,(H,17,18)/b16-14-. The van der Waals surface area contributed by atoms with E-state index in [-0.39, 0.29) is 24.0 Å². The molecule has 0 heterocycles. The molecule has 1 N–H and O–H groups in total. The van der Waals surface area contributed by atoms with Gasteiger partial charge in [0, 0.05) is 6.42 Å². The van der Waals surface area contributed by atoms with E-state index in [0.717, 1.165) is 25.7 Å². The van der Waals surface area contributed by atoms with Gasteiger partial charge in [-0.1, -0.05) is 0 Å². The van der Waals surface area contributed by atoms with Crippen molar-refractivity contribution in [3.63, 3.8) is 0 Å². The molecule has 1 rings (SSSR count). The number of nitrogens with zero attached hydrogens (tertiary/aromatic N) is 3. The van der Waals surface area contributed by atoms with Gasteiger partial charge in [-0.3, -0.25) is 4.79 Å². The third kappa shape index (κ3) is 5.22. The molecule has 7 nitrogen and oxygen atoms in total. The van der Waals surface area contributed by atoms with Crippen LogP contribution in [0.1, 0.15) is 52.9 Å². The molecule has 1 fully saturated rings. The Morgan fingerprint density at radius 3 is 2.40 bits per heavy atom. The van der Waals surface area contributed by atoms with Crippen LogP contribution in [0.2, 0.25) is 0 Å². The minimum Gasteiger partial charge on any atom is -0.569 e. The van der Waals surface area contributed by atoms with Gasteiger partial charge in [-0.15, -0.1) is 5.01 Å². The topological polar surface area (TPSA) is 88.2 Å². The van der Waals surface area contributed by atoms with Crippen LogP contribution in [0, 0.1) is 11.1 Å². The van der Waals surface area contributed by atoms with E-state index in [4.69, 9.17) is 9.94 Å². The minimum atomic E-state index is -0.753. The number of hydrogen-bond donors (Lipinski definition) is 1. The highest BCUT2D eigenvalue weighted by Crippen LogP contribution is 2.28. The molecule has 116 valence electrons. The predicted molar refractivity (Wildman–Crippen MR) is 72.7 cm³/mol. The Labute approximate surface area is 119 Å². The minimum absolute atomic E-state index is 0.0927. The molecule has 0 spiro atoms. The van der Waals surface area contributed by atoms with Crippen molar-refractivity contribution in [2.75, 3.05) is 7.05 Å². The number of carboxylic acids is 1. The SMILES string of the molecule is CN(/[N+]([O-])=N/OC1CCC(CC(=O)O)CC1)C(C)(C)C. The van der Waals surface area contributed by atoms with Gasteiger partial charge in [0.1, 0.15) is 6.10 Å². The molecule has 1 aliphatic carbocycles. The Hall–Kier alpha value is -1.53. The Balaban J connectivity index is 2.39. The highest BCUT2D eigenvalue weighted by Gasteiger charge is 2.27. The van der Waals surface area contributed by atoms with Gasteiger partial charge in [0.25, 0.3) is 0 Å². The van der Waals surface area contributed by atoms with Crippen molar-refractivity contribution in [2.45, 2.75) is 64.5 Å². The smallest absolute Gasteiger partial charge is 0.303 e. The second kappa shape index (κ2) is 6.76. The van der Waals surface area contributed by atoms with Crippen LogP contribution in [0.25, 0.3) is 0 Å². The van der Waals surface area contributed by atoms with Gasteiger partial charge < -0.3 is 15.2 Å². The first kappa shape index (κ1) is 16.5. The van der Waals surface area contributed by atoms with Crippen LogP contribution in [-0.2, 0) is 9.63 Å². The maximum Gasteiger partial charge on any atom is 0.303 e. The van der Waals surface area contributed by atoms with Gasteiger partial charge in [-0.05, 0) is 52.4 Å². The van der Waals surface area contributed by atoms with Crippen LogP contribution in [-0.4, -0.2) is 39.7 Å². The van der Waals surface area contributed by atoms with Crippen LogP contribution < -0.4 is 0 Å². The maximum absolute atomic E-state index is 11.7. The lowest BCUT2D eigenvalue weighted by Crippen LogP contribution is -2.42. The Morgan fingerprint density at radius 1 is 1.40 bits per heavy atom. The van der Waals surface area contributed by atoms with Crippen LogP contribution in [0.4, 0.5) is 0 Å². The molecule has 0 saturated heterocycles. The fraction of sp³-hybridized carbons (Fsp3) is 0.923. The van der Waals surface area contributed by atoms with E-state index < -0.39 is 5.97 Å². The highest BCUT2D eigenvalue weighted by atomic mass is 16.7. The molecule has 0 aromatic heterocycles. The fourth-order valence-corrected chi connectivity index (χ4v) is 2.11. The molecule has 0 aromatic rings. The van der Waals surface area contributed by atoms with Crippen molar-refractivity contribution in [3.05, 3.63) is 5.21 Å². The molecular formula is C13H25N3O4. The first-order chi connectivity index (χ1) is 9.20. The molecular weight excluding hydrogens is 262 g/mol. The summed E-state index contributed by atoms with van der Waals surface area (Å²) in [6, 6.07) is 0. The molecule has 0 aromatic carbocycles. The lowest BCUT2D eigenvalue weighted by atomic mass is 9.85. The normalized spacial score (nSPS) is 24.3. The van der Waals surface area contributed by atoms with Crippen molar-refractivity contribution in [1.29, 1.82) is 0 Å². The van der Waals surface area contributed by atoms with E-state index in [1.165, 1.54) is 5.01 Å². The third-order valence-electron chi connectivity index (χ3n) is 3.75. The first-order valence-electron chi connectivity index (χ1n) is 6.99. The van der Waals surface area contributed by atoms with Crippen molar-refractivity contribution < 1.29 is 19.7 Å². The molecule has 0 radical (unpaired) electrons. The van der Waals surface area contributed by atoms with Crippen molar-refractivity contribution in [1.82, 2.24) is 5.01 Å². The largest absolute Gasteiger partial charge is 0.569 e. The summed E-state index contributed by atoms with van der Waals surface area (Å²) in [5.74, 6) is -0.537. The van der Waals surface area contributed by atoms with Crippen LogP contribution in [0.3, 0.4) is 0 Å². The summed E-state index contributed by atoms with van der Waals surface area (Å²) in [5.41, 5.74) is -0.326. The monoisotopic (exact) mass is 287 g/mol. The average Bonchev–Trinajstić information content (AvgIpc) is 2.35. The van der Waals surface area contributed by atoms with E-state index >= 15 is 0 Å². The molecule has 0 unspecified atom stereocenters. The number of hydrogen-bond acceptors (Lipinski definition) is 4. The summed E-state index contributed by atoms with van der Waals surface area (Å²) in [6.45, 7) is 5.72. The second-order valence-corrected chi connectivity index (χ2v) is 6.37. The number of carbonyl (C=O) groups is 1. The Bertz CT molecular complexity index is 357. The fourth-order valence-electron chi connectivity index (χ4n) is 2.11. The summed E-state index contributed by atoms with van der Waals surface area (Å²) in [6.07, 6.45) is 3.22. The van der Waals surface area contributed by atoms with Crippen molar-refractivity contribution in [2.24, 2.45) is 11.2 Å². The van der Waals surface area contributed by atoms with E-state index in [2.05, 4.69) is 5.28 Å². The molecule has 0 amide bonds. The number of rotatable bonds is 5. The van der Waals surface area contributed by atoms with Crippen molar-refractivity contribution in [3.8, 4) is 0 Å². The zero-order valence-electron chi connectivity index (χ0n) is 12.7. The quantitative estimate of drug-likeness (QED) is 0.477. The summed E-state index contributed by atoms with van der Waals surface area (Å²) < 4.78 is 0. The lowest BCUT2D eigenvalue weighted by Gasteiger charge is -2.28. The average molecular weight is 287 g/mol. The zero-order valence-corrected chi connectivity index (χ0v) is 12.7. The molecule has 20 heavy (non-hydrogen) atoms. The summed E-state index contributed by atoms with van der Waals surface area (Å²) >= 11 is 0. The summed E-state index contributed by atoms with van der Waals surface area (Å²) in [7, 11) is 1.66. The predicted octanol–water partition coefficient (Wildman–Crippen LogP) is 2.56. The third-order valence-corrected chi connectivity index (χ3v) is 3.75. The molecule has 0 bridgehead atoms. The van der Waals surface area contributed by atoms with E-state index in [0.29, 0.717) is 4.97 Å². The van der Waals surface area contributed by atoms with Gasteiger partial charge in [-0.2, -0.15) is 0 Å². The van der Waals surface area contributed by atoms with Crippen LogP contribution in [0.15, 0.2) is 5.28 Å². The maximum atomic E-state index is 11.7. The van der Waals surface area contributed by atoms with Gasteiger partial charge in [0.05, 0.1) is 17.6 Å². The number of aliphatic carboxylic acids is 1. The molecule has 1 saturated carbocycles. The molecule has 7 heteroatoms. The van der Waals surface area contributed by atoms with Crippen molar-refractivity contribution >= 4 is 5.97 Å². The van der Waals surface area contributed by atoms with Crippen LogP contribution >= 0.6 is 0 Å². The molecule has 0 aliphatic heterocycles. The first-order valence-corrected chi connectivity index (χ1v) is 6.99. The molecule has 0 atom stereocenters. The van der Waals surface area contributed by atoms with Crippen LogP contribution in [0.5, 0.6) is 0 Å². The number of carboxylic acid groups (broad SMARTS) is 1. The summed E-state index contributed by atoms with van der Waals surface area (Å²) in [5, 5.41) is 25.5. The van der Waals surface area contributed by atoms with Gasteiger partial charge in [-0.25, -0.2) is 0 Å². The van der Waals surface area contributed by atoms with E-state index in [9.17, 15) is 10.0 Å². The Kier molecular flexibility index (Phi) is 5.59. The van der Waals surface area contributed by atoms with Gasteiger partial charge in [0.2, 0.25) is 5.28 Å². The lowest BCUT2D eigenvalue weighted by molar-refractivity contribution is -0.720.